The minimum Gasteiger partial charge on any atom is -0.384 e. The molecule has 0 amide bonds. The molecule has 0 aromatic carbocycles. The lowest BCUT2D eigenvalue weighted by Gasteiger charge is -2.25. The number of aromatic nitrogens is 2. The third-order valence-corrected chi connectivity index (χ3v) is 3.66. The Bertz CT molecular complexity index is 377. The number of hydrogen-bond donors (Lipinski definition) is 1. The lowest BCUT2D eigenvalue weighted by molar-refractivity contribution is 0.387. The van der Waals surface area contributed by atoms with Crippen LogP contribution in [0.5, 0.6) is 0 Å². The van der Waals surface area contributed by atoms with Crippen LogP contribution in [0.1, 0.15) is 52.1 Å². The molecule has 0 bridgehead atoms. The minimum atomic E-state index is 0.0132. The van der Waals surface area contributed by atoms with Gasteiger partial charge in [0.15, 0.2) is 0 Å². The molecule has 0 unspecified atom stereocenters. The number of rotatable bonds is 6. The molecule has 104 valence electrons. The van der Waals surface area contributed by atoms with Gasteiger partial charge in [-0.1, -0.05) is 6.92 Å². The van der Waals surface area contributed by atoms with E-state index in [1.54, 1.807) is 0 Å². The maximum atomic E-state index is 6.30. The number of thioether (sulfide) groups is 1. The number of imidazole rings is 1. The van der Waals surface area contributed by atoms with E-state index in [-0.39, 0.29) is 5.54 Å². The minimum absolute atomic E-state index is 0.0132. The molecule has 1 aromatic rings. The van der Waals surface area contributed by atoms with Crippen molar-refractivity contribution < 1.29 is 0 Å². The van der Waals surface area contributed by atoms with Crippen molar-refractivity contribution in [3.8, 4) is 0 Å². The second kappa shape index (κ2) is 6.50. The second-order valence-electron chi connectivity index (χ2n) is 5.71. The zero-order chi connectivity index (χ0) is 13.8. The molecule has 1 heterocycles. The summed E-state index contributed by atoms with van der Waals surface area (Å²) in [7, 11) is 0. The first-order valence-electron chi connectivity index (χ1n) is 6.77. The third kappa shape index (κ3) is 3.67. The average molecular weight is 269 g/mol. The van der Waals surface area contributed by atoms with E-state index >= 15 is 0 Å². The highest BCUT2D eigenvalue weighted by Crippen LogP contribution is 2.26. The van der Waals surface area contributed by atoms with Crippen molar-refractivity contribution in [2.45, 2.75) is 58.9 Å². The van der Waals surface area contributed by atoms with Gasteiger partial charge in [0, 0.05) is 12.0 Å². The van der Waals surface area contributed by atoms with Gasteiger partial charge < -0.3 is 10.3 Å². The van der Waals surface area contributed by atoms with Crippen LogP contribution in [0.2, 0.25) is 0 Å². The normalized spacial score (nSPS) is 12.1. The molecule has 0 saturated carbocycles. The van der Waals surface area contributed by atoms with Crippen molar-refractivity contribution in [1.82, 2.24) is 9.55 Å². The van der Waals surface area contributed by atoms with Crippen LogP contribution in [0.15, 0.2) is 0 Å². The van der Waals surface area contributed by atoms with E-state index in [4.69, 9.17) is 10.7 Å². The molecule has 1 aromatic heterocycles. The molecule has 4 heteroatoms. The number of aryl methyl sites for hydroxylation is 2. The molecule has 0 aliphatic rings. The first-order chi connectivity index (χ1) is 8.41. The van der Waals surface area contributed by atoms with Crippen molar-refractivity contribution in [3.05, 3.63) is 11.5 Å². The predicted octanol–water partition coefficient (Wildman–Crippen LogP) is 3.47. The fourth-order valence-electron chi connectivity index (χ4n) is 2.24. The lowest BCUT2D eigenvalue weighted by atomic mass is 10.1. The molecule has 0 aliphatic carbocycles. The number of anilines is 1. The Morgan fingerprint density at radius 1 is 1.28 bits per heavy atom. The van der Waals surface area contributed by atoms with Crippen molar-refractivity contribution in [2.24, 2.45) is 0 Å². The van der Waals surface area contributed by atoms with Crippen LogP contribution in [0, 0.1) is 0 Å². The Morgan fingerprint density at radius 2 is 1.94 bits per heavy atom. The molecule has 1 rings (SSSR count). The molecule has 0 aliphatic heterocycles. The SMILES string of the molecule is CCCc1nc(CCCSC)c(N)n1C(C)(C)C. The summed E-state index contributed by atoms with van der Waals surface area (Å²) in [6.45, 7) is 8.76. The number of nitrogens with two attached hydrogens (primary N) is 1. The van der Waals surface area contributed by atoms with Gasteiger partial charge in [-0.3, -0.25) is 0 Å². The van der Waals surface area contributed by atoms with Gasteiger partial charge >= 0.3 is 0 Å². The second-order valence-corrected chi connectivity index (χ2v) is 6.70. The number of nitrogen functional groups attached to an aromatic ring is 1. The molecule has 0 spiro atoms. The lowest BCUT2D eigenvalue weighted by Crippen LogP contribution is -2.25. The van der Waals surface area contributed by atoms with Crippen molar-refractivity contribution in [3.63, 3.8) is 0 Å². The maximum Gasteiger partial charge on any atom is 0.127 e. The monoisotopic (exact) mass is 269 g/mol. The highest BCUT2D eigenvalue weighted by atomic mass is 32.2. The van der Waals surface area contributed by atoms with Gasteiger partial charge in [0.25, 0.3) is 0 Å². The van der Waals surface area contributed by atoms with Gasteiger partial charge in [-0.25, -0.2) is 4.98 Å². The van der Waals surface area contributed by atoms with Crippen LogP contribution in [0.25, 0.3) is 0 Å². The zero-order valence-electron chi connectivity index (χ0n) is 12.4. The predicted molar refractivity (Wildman–Crippen MR) is 82.3 cm³/mol. The van der Waals surface area contributed by atoms with E-state index in [2.05, 4.69) is 38.5 Å². The van der Waals surface area contributed by atoms with E-state index in [1.807, 2.05) is 11.8 Å². The highest BCUT2D eigenvalue weighted by molar-refractivity contribution is 7.98. The molecular formula is C14H27N3S. The molecule has 0 fully saturated rings. The Morgan fingerprint density at radius 3 is 2.44 bits per heavy atom. The fraction of sp³-hybridized carbons (Fsp3) is 0.786. The highest BCUT2D eigenvalue weighted by Gasteiger charge is 2.22. The average Bonchev–Trinajstić information content (AvgIpc) is 2.56. The van der Waals surface area contributed by atoms with E-state index in [0.717, 1.165) is 43.0 Å². The molecule has 18 heavy (non-hydrogen) atoms. The van der Waals surface area contributed by atoms with Gasteiger partial charge in [0.05, 0.1) is 5.69 Å². The summed E-state index contributed by atoms with van der Waals surface area (Å²) in [6, 6.07) is 0. The first kappa shape index (κ1) is 15.4. The van der Waals surface area contributed by atoms with Gasteiger partial charge in [-0.2, -0.15) is 11.8 Å². The molecule has 2 N–H and O–H groups in total. The summed E-state index contributed by atoms with van der Waals surface area (Å²) >= 11 is 1.88. The summed E-state index contributed by atoms with van der Waals surface area (Å²) in [4.78, 5) is 4.77. The molecule has 3 nitrogen and oxygen atoms in total. The van der Waals surface area contributed by atoms with E-state index in [1.165, 1.54) is 5.75 Å². The van der Waals surface area contributed by atoms with Gasteiger partial charge in [-0.15, -0.1) is 0 Å². The number of hydrogen-bond acceptors (Lipinski definition) is 3. The van der Waals surface area contributed by atoms with Crippen LogP contribution < -0.4 is 5.73 Å². The van der Waals surface area contributed by atoms with E-state index < -0.39 is 0 Å². The first-order valence-corrected chi connectivity index (χ1v) is 8.16. The van der Waals surface area contributed by atoms with Crippen LogP contribution in [-0.2, 0) is 18.4 Å². The Balaban J connectivity index is 3.00. The summed E-state index contributed by atoms with van der Waals surface area (Å²) in [5.74, 6) is 3.18. The Kier molecular flexibility index (Phi) is 5.57. The van der Waals surface area contributed by atoms with Crippen molar-refractivity contribution in [2.75, 3.05) is 17.7 Å². The summed E-state index contributed by atoms with van der Waals surface area (Å²) in [5, 5.41) is 0. The Labute approximate surface area is 116 Å². The van der Waals surface area contributed by atoms with E-state index in [0.29, 0.717) is 0 Å². The zero-order valence-corrected chi connectivity index (χ0v) is 13.2. The van der Waals surface area contributed by atoms with Crippen LogP contribution in [-0.4, -0.2) is 21.6 Å². The number of nitrogens with zero attached hydrogens (tertiary/aromatic N) is 2. The Hall–Kier alpha value is -0.640. The van der Waals surface area contributed by atoms with Crippen LogP contribution in [0.4, 0.5) is 5.82 Å². The molecule has 0 saturated heterocycles. The largest absolute Gasteiger partial charge is 0.384 e. The topological polar surface area (TPSA) is 43.8 Å². The van der Waals surface area contributed by atoms with Gasteiger partial charge in [0.2, 0.25) is 0 Å². The summed E-state index contributed by atoms with van der Waals surface area (Å²) < 4.78 is 2.21. The molecular weight excluding hydrogens is 242 g/mol. The van der Waals surface area contributed by atoms with Gasteiger partial charge in [-0.05, 0) is 52.0 Å². The van der Waals surface area contributed by atoms with Crippen molar-refractivity contribution in [1.29, 1.82) is 0 Å². The summed E-state index contributed by atoms with van der Waals surface area (Å²) in [5.41, 5.74) is 7.40. The quantitative estimate of drug-likeness (QED) is 0.804. The molecule has 0 atom stereocenters. The van der Waals surface area contributed by atoms with Gasteiger partial charge in [0.1, 0.15) is 11.6 Å². The third-order valence-electron chi connectivity index (χ3n) is 2.97. The fourth-order valence-corrected chi connectivity index (χ4v) is 2.67. The summed E-state index contributed by atoms with van der Waals surface area (Å²) in [6.07, 6.45) is 6.39. The smallest absolute Gasteiger partial charge is 0.127 e. The van der Waals surface area contributed by atoms with E-state index in [9.17, 15) is 0 Å². The maximum absolute atomic E-state index is 6.30. The standard InChI is InChI=1S/C14H27N3S/c1-6-8-12-16-11(9-7-10-18-5)13(15)17(12)14(2,3)4/h6-10,15H2,1-5H3. The molecule has 0 radical (unpaired) electrons. The van der Waals surface area contributed by atoms with Crippen LogP contribution in [0.3, 0.4) is 0 Å². The van der Waals surface area contributed by atoms with Crippen molar-refractivity contribution >= 4 is 17.6 Å². The van der Waals surface area contributed by atoms with Crippen LogP contribution >= 0.6 is 11.8 Å².